The summed E-state index contributed by atoms with van der Waals surface area (Å²) in [6, 6.07) is 3.39. The average Bonchev–Trinajstić information content (AvgIpc) is 2.75. The third-order valence-electron chi connectivity index (χ3n) is 6.28. The summed E-state index contributed by atoms with van der Waals surface area (Å²) in [5.41, 5.74) is 0.461. The minimum Gasteiger partial charge on any atom is -0.349 e. The third-order valence-corrected chi connectivity index (χ3v) is 6.28. The Morgan fingerprint density at radius 3 is 2.48 bits per heavy atom. The van der Waals surface area contributed by atoms with Crippen LogP contribution in [-0.4, -0.2) is 11.9 Å². The van der Waals surface area contributed by atoms with Gasteiger partial charge in [0.15, 0.2) is 11.6 Å². The number of carbonyl (C=O) groups is 1. The highest BCUT2D eigenvalue weighted by Crippen LogP contribution is 2.65. The SMILES string of the molecule is CC1(C)[C@H]2CC[C@@]1(C)[C@@H](NC(=O)c1ccc(F)c(F)c1)C2. The fourth-order valence-electron chi connectivity index (χ4n) is 4.30. The van der Waals surface area contributed by atoms with Crippen molar-refractivity contribution in [3.63, 3.8) is 0 Å². The van der Waals surface area contributed by atoms with E-state index >= 15 is 0 Å². The summed E-state index contributed by atoms with van der Waals surface area (Å²) in [7, 11) is 0. The predicted molar refractivity (Wildman–Crippen MR) is 76.8 cm³/mol. The van der Waals surface area contributed by atoms with Gasteiger partial charge in [-0.3, -0.25) is 4.79 Å². The van der Waals surface area contributed by atoms with E-state index in [1.807, 2.05) is 0 Å². The van der Waals surface area contributed by atoms with Crippen LogP contribution >= 0.6 is 0 Å². The topological polar surface area (TPSA) is 29.1 Å². The zero-order valence-corrected chi connectivity index (χ0v) is 12.7. The van der Waals surface area contributed by atoms with E-state index in [9.17, 15) is 13.6 Å². The van der Waals surface area contributed by atoms with Crippen LogP contribution in [0.1, 0.15) is 50.4 Å². The van der Waals surface area contributed by atoms with Crippen molar-refractivity contribution in [1.29, 1.82) is 0 Å². The number of nitrogens with one attached hydrogen (secondary N) is 1. The number of halogens is 2. The fourth-order valence-corrected chi connectivity index (χ4v) is 4.30. The Labute approximate surface area is 123 Å². The molecule has 1 amide bonds. The summed E-state index contributed by atoms with van der Waals surface area (Å²) in [5.74, 6) is -1.61. The Morgan fingerprint density at radius 2 is 1.95 bits per heavy atom. The number of benzene rings is 1. The van der Waals surface area contributed by atoms with E-state index in [1.54, 1.807) is 0 Å². The van der Waals surface area contributed by atoms with E-state index < -0.39 is 11.6 Å². The monoisotopic (exact) mass is 293 g/mol. The molecule has 3 atom stereocenters. The molecule has 3 rings (SSSR count). The maximum atomic E-state index is 13.2. The van der Waals surface area contributed by atoms with Crippen molar-refractivity contribution < 1.29 is 13.6 Å². The van der Waals surface area contributed by atoms with Gasteiger partial charge in [-0.1, -0.05) is 20.8 Å². The highest BCUT2D eigenvalue weighted by Gasteiger charge is 2.61. The van der Waals surface area contributed by atoms with Crippen molar-refractivity contribution in [2.75, 3.05) is 0 Å². The number of hydrogen-bond acceptors (Lipinski definition) is 1. The smallest absolute Gasteiger partial charge is 0.251 e. The zero-order chi connectivity index (χ0) is 15.4. The highest BCUT2D eigenvalue weighted by atomic mass is 19.2. The molecule has 4 heteroatoms. The first-order valence-electron chi connectivity index (χ1n) is 7.51. The van der Waals surface area contributed by atoms with Gasteiger partial charge in [0.05, 0.1) is 0 Å². The molecule has 1 aromatic rings. The van der Waals surface area contributed by atoms with Crippen LogP contribution in [0.25, 0.3) is 0 Å². The molecule has 2 aliphatic carbocycles. The maximum Gasteiger partial charge on any atom is 0.251 e. The first-order valence-corrected chi connectivity index (χ1v) is 7.51. The lowest BCUT2D eigenvalue weighted by atomic mass is 9.69. The van der Waals surface area contributed by atoms with Gasteiger partial charge in [-0.2, -0.15) is 0 Å². The molecule has 0 spiro atoms. The molecule has 0 heterocycles. The lowest BCUT2D eigenvalue weighted by Crippen LogP contribution is -2.46. The van der Waals surface area contributed by atoms with Crippen LogP contribution in [0.15, 0.2) is 18.2 Å². The van der Waals surface area contributed by atoms with Gasteiger partial charge >= 0.3 is 0 Å². The van der Waals surface area contributed by atoms with E-state index in [2.05, 4.69) is 26.1 Å². The van der Waals surface area contributed by atoms with Gasteiger partial charge in [0.2, 0.25) is 0 Å². The number of fused-ring (bicyclic) bond motifs is 2. The third kappa shape index (κ3) is 1.99. The van der Waals surface area contributed by atoms with Crippen molar-refractivity contribution in [3.8, 4) is 0 Å². The minimum absolute atomic E-state index is 0.0753. The Balaban J connectivity index is 1.79. The van der Waals surface area contributed by atoms with Crippen molar-refractivity contribution in [3.05, 3.63) is 35.4 Å². The van der Waals surface area contributed by atoms with Crippen LogP contribution in [0.5, 0.6) is 0 Å². The molecular weight excluding hydrogens is 272 g/mol. The summed E-state index contributed by atoms with van der Waals surface area (Å²) >= 11 is 0. The van der Waals surface area contributed by atoms with Gasteiger partial charge in [0, 0.05) is 11.6 Å². The molecule has 0 aliphatic heterocycles. The van der Waals surface area contributed by atoms with Gasteiger partial charge in [-0.25, -0.2) is 8.78 Å². The first kappa shape index (κ1) is 14.5. The largest absolute Gasteiger partial charge is 0.349 e. The molecule has 2 fully saturated rings. The molecule has 2 aliphatic rings. The van der Waals surface area contributed by atoms with E-state index in [1.165, 1.54) is 12.5 Å². The molecular formula is C17H21F2NO. The molecule has 2 nitrogen and oxygen atoms in total. The fraction of sp³-hybridized carbons (Fsp3) is 0.588. The second-order valence-electron chi connectivity index (χ2n) is 7.27. The second-order valence-corrected chi connectivity index (χ2v) is 7.27. The number of rotatable bonds is 2. The molecule has 114 valence electrons. The van der Waals surface area contributed by atoms with Gasteiger partial charge < -0.3 is 5.32 Å². The van der Waals surface area contributed by atoms with Gasteiger partial charge in [0.25, 0.3) is 5.91 Å². The molecule has 2 saturated carbocycles. The van der Waals surface area contributed by atoms with Crippen LogP contribution in [0.3, 0.4) is 0 Å². The van der Waals surface area contributed by atoms with Gasteiger partial charge in [-0.05, 0) is 54.2 Å². The summed E-state index contributed by atoms with van der Waals surface area (Å²) in [6.45, 7) is 6.78. The van der Waals surface area contributed by atoms with Crippen LogP contribution in [0.2, 0.25) is 0 Å². The molecule has 1 N–H and O–H groups in total. The lowest BCUT2D eigenvalue weighted by Gasteiger charge is -2.39. The van der Waals surface area contributed by atoms with Gasteiger partial charge in [-0.15, -0.1) is 0 Å². The van der Waals surface area contributed by atoms with E-state index in [0.29, 0.717) is 5.92 Å². The predicted octanol–water partition coefficient (Wildman–Crippen LogP) is 3.91. The standard InChI is InChI=1S/C17H21F2NO/c1-16(2)11-6-7-17(16,3)14(9-11)20-15(21)10-4-5-12(18)13(19)8-10/h4-5,8,11,14H,6-7,9H2,1-3H3,(H,20,21)/t11-,14-,17-/m0/s1. The van der Waals surface area contributed by atoms with E-state index in [-0.39, 0.29) is 28.3 Å². The van der Waals surface area contributed by atoms with Crippen LogP contribution in [0.4, 0.5) is 8.78 Å². The van der Waals surface area contributed by atoms with E-state index in [0.717, 1.165) is 25.0 Å². The minimum atomic E-state index is -0.984. The molecule has 0 radical (unpaired) electrons. The van der Waals surface area contributed by atoms with Crippen LogP contribution in [0, 0.1) is 28.4 Å². The van der Waals surface area contributed by atoms with Crippen LogP contribution in [-0.2, 0) is 0 Å². The summed E-state index contributed by atoms with van der Waals surface area (Å²) < 4.78 is 26.2. The Kier molecular flexibility index (Phi) is 3.12. The lowest BCUT2D eigenvalue weighted by molar-refractivity contribution is 0.0825. The van der Waals surface area contributed by atoms with E-state index in [4.69, 9.17) is 0 Å². The quantitative estimate of drug-likeness (QED) is 0.880. The molecule has 0 unspecified atom stereocenters. The normalized spacial score (nSPS) is 33.2. The molecule has 2 bridgehead atoms. The highest BCUT2D eigenvalue weighted by molar-refractivity contribution is 5.94. The molecule has 21 heavy (non-hydrogen) atoms. The van der Waals surface area contributed by atoms with Crippen molar-refractivity contribution in [1.82, 2.24) is 5.32 Å². The summed E-state index contributed by atoms with van der Waals surface area (Å²) in [5, 5.41) is 3.04. The Morgan fingerprint density at radius 1 is 1.24 bits per heavy atom. The number of carbonyl (C=O) groups excluding carboxylic acids is 1. The van der Waals surface area contributed by atoms with Crippen LogP contribution < -0.4 is 5.32 Å². The zero-order valence-electron chi connectivity index (χ0n) is 12.7. The summed E-state index contributed by atoms with van der Waals surface area (Å²) in [6.07, 6.45) is 3.29. The van der Waals surface area contributed by atoms with Crippen molar-refractivity contribution in [2.24, 2.45) is 16.7 Å². The number of hydrogen-bond donors (Lipinski definition) is 1. The average molecular weight is 293 g/mol. The van der Waals surface area contributed by atoms with Gasteiger partial charge in [0.1, 0.15) is 0 Å². The summed E-state index contributed by atoms with van der Waals surface area (Å²) in [4.78, 5) is 12.3. The molecule has 0 saturated heterocycles. The number of amides is 1. The Hall–Kier alpha value is -1.45. The Bertz CT molecular complexity index is 598. The first-order chi connectivity index (χ1) is 9.75. The molecule has 1 aromatic carbocycles. The van der Waals surface area contributed by atoms with Crippen molar-refractivity contribution in [2.45, 2.75) is 46.1 Å². The second kappa shape index (κ2) is 4.52. The van der Waals surface area contributed by atoms with Crippen molar-refractivity contribution >= 4 is 5.91 Å². The maximum absolute atomic E-state index is 13.2. The molecule has 0 aromatic heterocycles.